The van der Waals surface area contributed by atoms with Gasteiger partial charge in [0.25, 0.3) is 0 Å². The van der Waals surface area contributed by atoms with Gasteiger partial charge in [0.2, 0.25) is 0 Å². The molecule has 0 bridgehead atoms. The summed E-state index contributed by atoms with van der Waals surface area (Å²) in [7, 11) is 3.16. The molecule has 0 amide bonds. The van der Waals surface area contributed by atoms with Crippen molar-refractivity contribution in [2.45, 2.75) is 17.5 Å². The number of nitrogens with one attached hydrogen (secondary N) is 1. The lowest BCUT2D eigenvalue weighted by Gasteiger charge is -2.12. The summed E-state index contributed by atoms with van der Waals surface area (Å²) in [6, 6.07) is 5.55. The van der Waals surface area contributed by atoms with E-state index < -0.39 is 0 Å². The molecular formula is C11H16N2O2S. The molecule has 0 radical (unpaired) electrons. The summed E-state index contributed by atoms with van der Waals surface area (Å²) in [5.41, 5.74) is 0. The lowest BCUT2D eigenvalue weighted by molar-refractivity contribution is -0.143. The Hall–Kier alpha value is -1.07. The van der Waals surface area contributed by atoms with Crippen LogP contribution in [0.3, 0.4) is 0 Å². The normalized spacial score (nSPS) is 12.1. The maximum Gasteiger partial charge on any atom is 0.322 e. The van der Waals surface area contributed by atoms with Crippen LogP contribution in [-0.2, 0) is 9.53 Å². The topological polar surface area (TPSA) is 51.2 Å². The third-order valence-corrected chi connectivity index (χ3v) is 3.11. The fraction of sp³-hybridized carbons (Fsp3) is 0.455. The first-order chi connectivity index (χ1) is 7.77. The first-order valence-corrected chi connectivity index (χ1v) is 6.05. The van der Waals surface area contributed by atoms with E-state index in [1.165, 1.54) is 7.11 Å². The fourth-order valence-corrected chi connectivity index (χ4v) is 2.11. The van der Waals surface area contributed by atoms with Gasteiger partial charge in [-0.1, -0.05) is 6.07 Å². The summed E-state index contributed by atoms with van der Waals surface area (Å²) < 4.78 is 4.68. The second kappa shape index (κ2) is 7.24. The summed E-state index contributed by atoms with van der Waals surface area (Å²) in [6.45, 7) is 0. The standard InChI is InChI=1S/C11H16N2O2S/c1-12-9(11(14)15-2)6-8-16-10-5-3-4-7-13-10/h3-5,7,9,12H,6,8H2,1-2H3. The van der Waals surface area contributed by atoms with Crippen molar-refractivity contribution in [2.24, 2.45) is 0 Å². The van der Waals surface area contributed by atoms with Gasteiger partial charge < -0.3 is 10.1 Å². The molecule has 16 heavy (non-hydrogen) atoms. The van der Waals surface area contributed by atoms with E-state index in [0.717, 1.165) is 17.2 Å². The van der Waals surface area contributed by atoms with Crippen LogP contribution in [0, 0.1) is 0 Å². The maximum absolute atomic E-state index is 11.3. The third-order valence-electron chi connectivity index (χ3n) is 2.13. The molecule has 1 unspecified atom stereocenters. The van der Waals surface area contributed by atoms with E-state index >= 15 is 0 Å². The molecule has 0 saturated heterocycles. The van der Waals surface area contributed by atoms with E-state index in [-0.39, 0.29) is 12.0 Å². The zero-order chi connectivity index (χ0) is 11.8. The third kappa shape index (κ3) is 4.20. The average molecular weight is 240 g/mol. The second-order valence-corrected chi connectivity index (χ2v) is 4.28. The molecule has 0 aromatic carbocycles. The number of pyridine rings is 1. The van der Waals surface area contributed by atoms with E-state index in [1.54, 1.807) is 25.0 Å². The number of nitrogens with zero attached hydrogens (tertiary/aromatic N) is 1. The monoisotopic (exact) mass is 240 g/mol. The van der Waals surface area contributed by atoms with Crippen molar-refractivity contribution >= 4 is 17.7 Å². The van der Waals surface area contributed by atoms with E-state index in [9.17, 15) is 4.79 Å². The minimum Gasteiger partial charge on any atom is -0.468 e. The molecule has 1 aromatic rings. The number of methoxy groups -OCH3 is 1. The largest absolute Gasteiger partial charge is 0.468 e. The summed E-state index contributed by atoms with van der Waals surface area (Å²) in [5.74, 6) is 0.613. The molecule has 1 N–H and O–H groups in total. The number of carbonyl (C=O) groups excluding carboxylic acids is 1. The number of thioether (sulfide) groups is 1. The SMILES string of the molecule is CNC(CCSc1ccccn1)C(=O)OC. The molecule has 0 aliphatic rings. The maximum atomic E-state index is 11.3. The van der Waals surface area contributed by atoms with E-state index in [1.807, 2.05) is 18.2 Å². The van der Waals surface area contributed by atoms with Crippen LogP contribution in [0.5, 0.6) is 0 Å². The van der Waals surface area contributed by atoms with Gasteiger partial charge in [0.15, 0.2) is 0 Å². The lowest BCUT2D eigenvalue weighted by Crippen LogP contribution is -2.35. The van der Waals surface area contributed by atoms with Crippen LogP contribution < -0.4 is 5.32 Å². The quantitative estimate of drug-likeness (QED) is 0.600. The molecule has 0 aliphatic heterocycles. The fourth-order valence-electron chi connectivity index (χ4n) is 1.24. The summed E-state index contributed by atoms with van der Waals surface area (Å²) in [6.07, 6.45) is 2.49. The number of likely N-dealkylation sites (N-methyl/N-ethyl adjacent to an activating group) is 1. The average Bonchev–Trinajstić information content (AvgIpc) is 2.35. The Labute approximate surface area is 99.8 Å². The van der Waals surface area contributed by atoms with Gasteiger partial charge in [-0.3, -0.25) is 4.79 Å². The van der Waals surface area contributed by atoms with Crippen LogP contribution in [0.15, 0.2) is 29.4 Å². The molecule has 0 spiro atoms. The second-order valence-electron chi connectivity index (χ2n) is 3.17. The Morgan fingerprint density at radius 1 is 1.62 bits per heavy atom. The number of esters is 1. The highest BCUT2D eigenvalue weighted by Gasteiger charge is 2.16. The van der Waals surface area contributed by atoms with Crippen LogP contribution in [0.2, 0.25) is 0 Å². The lowest BCUT2D eigenvalue weighted by atomic mass is 10.2. The first-order valence-electron chi connectivity index (χ1n) is 5.07. The van der Waals surface area contributed by atoms with Crippen molar-refractivity contribution in [3.05, 3.63) is 24.4 Å². The van der Waals surface area contributed by atoms with Crippen molar-refractivity contribution in [1.82, 2.24) is 10.3 Å². The molecule has 1 heterocycles. The highest BCUT2D eigenvalue weighted by molar-refractivity contribution is 7.99. The van der Waals surface area contributed by atoms with Gasteiger partial charge in [-0.25, -0.2) is 4.98 Å². The van der Waals surface area contributed by atoms with Crippen molar-refractivity contribution in [3.63, 3.8) is 0 Å². The van der Waals surface area contributed by atoms with Gasteiger partial charge in [-0.15, -0.1) is 11.8 Å². The molecule has 4 nitrogen and oxygen atoms in total. The van der Waals surface area contributed by atoms with Gasteiger partial charge in [0.1, 0.15) is 6.04 Å². The minimum absolute atomic E-state index is 0.218. The van der Waals surface area contributed by atoms with Gasteiger partial charge >= 0.3 is 5.97 Å². The highest BCUT2D eigenvalue weighted by atomic mass is 32.2. The van der Waals surface area contributed by atoms with Crippen LogP contribution in [-0.4, -0.2) is 36.9 Å². The van der Waals surface area contributed by atoms with Gasteiger partial charge in [-0.2, -0.15) is 0 Å². The zero-order valence-corrected chi connectivity index (χ0v) is 10.3. The van der Waals surface area contributed by atoms with E-state index in [4.69, 9.17) is 0 Å². The Bertz CT molecular complexity index is 319. The minimum atomic E-state index is -0.235. The van der Waals surface area contributed by atoms with Gasteiger partial charge in [-0.05, 0) is 25.6 Å². The zero-order valence-electron chi connectivity index (χ0n) is 9.47. The number of carbonyl (C=O) groups is 1. The molecule has 1 rings (SSSR count). The number of hydrogen-bond acceptors (Lipinski definition) is 5. The molecule has 0 fully saturated rings. The van der Waals surface area contributed by atoms with Crippen LogP contribution in [0.1, 0.15) is 6.42 Å². The molecule has 5 heteroatoms. The first kappa shape index (κ1) is 13.0. The van der Waals surface area contributed by atoms with Crippen molar-refractivity contribution < 1.29 is 9.53 Å². The van der Waals surface area contributed by atoms with Gasteiger partial charge in [0, 0.05) is 11.9 Å². The van der Waals surface area contributed by atoms with Crippen LogP contribution >= 0.6 is 11.8 Å². The number of rotatable bonds is 6. The highest BCUT2D eigenvalue weighted by Crippen LogP contribution is 2.15. The Kier molecular flexibility index (Phi) is 5.88. The van der Waals surface area contributed by atoms with Crippen molar-refractivity contribution in [2.75, 3.05) is 19.9 Å². The molecule has 0 aliphatic carbocycles. The predicted molar refractivity (Wildman–Crippen MR) is 64.4 cm³/mol. The molecular weight excluding hydrogens is 224 g/mol. The predicted octanol–water partition coefficient (Wildman–Crippen LogP) is 1.32. The molecule has 1 aromatic heterocycles. The Balaban J connectivity index is 2.31. The number of hydrogen-bond donors (Lipinski definition) is 1. The smallest absolute Gasteiger partial charge is 0.322 e. The summed E-state index contributed by atoms with van der Waals surface area (Å²) in [4.78, 5) is 15.5. The number of aromatic nitrogens is 1. The van der Waals surface area contributed by atoms with Gasteiger partial charge in [0.05, 0.1) is 12.1 Å². The number of ether oxygens (including phenoxy) is 1. The van der Waals surface area contributed by atoms with Crippen molar-refractivity contribution in [3.8, 4) is 0 Å². The summed E-state index contributed by atoms with van der Waals surface area (Å²) in [5, 5.41) is 3.91. The van der Waals surface area contributed by atoms with E-state index in [2.05, 4.69) is 15.0 Å². The van der Waals surface area contributed by atoms with E-state index in [0.29, 0.717) is 0 Å². The van der Waals surface area contributed by atoms with Crippen LogP contribution in [0.25, 0.3) is 0 Å². The summed E-state index contributed by atoms with van der Waals surface area (Å²) >= 11 is 1.63. The Morgan fingerprint density at radius 3 is 3.00 bits per heavy atom. The molecule has 88 valence electrons. The van der Waals surface area contributed by atoms with Crippen LogP contribution in [0.4, 0.5) is 0 Å². The molecule has 1 atom stereocenters. The van der Waals surface area contributed by atoms with Crippen molar-refractivity contribution in [1.29, 1.82) is 0 Å². The molecule has 0 saturated carbocycles. The Morgan fingerprint density at radius 2 is 2.44 bits per heavy atom.